The van der Waals surface area contributed by atoms with E-state index in [1.807, 2.05) is 6.92 Å². The Morgan fingerprint density at radius 3 is 2.24 bits per heavy atom. The maximum atomic E-state index is 4.51. The quantitative estimate of drug-likeness (QED) is 0.774. The molecule has 0 aliphatic carbocycles. The number of rotatable bonds is 3. The molecular formula is C16H19N. The highest BCUT2D eigenvalue weighted by atomic mass is 14.7. The lowest BCUT2D eigenvalue weighted by molar-refractivity contribution is 0.916. The van der Waals surface area contributed by atoms with Crippen molar-refractivity contribution >= 4 is 0 Å². The van der Waals surface area contributed by atoms with Crippen molar-refractivity contribution in [1.29, 1.82) is 0 Å². The third-order valence-corrected chi connectivity index (χ3v) is 3.26. The van der Waals surface area contributed by atoms with Crippen molar-refractivity contribution in [2.45, 2.75) is 33.6 Å². The second-order valence-electron chi connectivity index (χ2n) is 4.62. The molecule has 0 saturated carbocycles. The molecule has 0 spiro atoms. The van der Waals surface area contributed by atoms with Crippen molar-refractivity contribution < 1.29 is 0 Å². The molecule has 0 saturated heterocycles. The summed E-state index contributed by atoms with van der Waals surface area (Å²) in [5.74, 6) is 0. The number of benzene rings is 1. The molecule has 1 heterocycles. The number of hydrogen-bond acceptors (Lipinski definition) is 1. The van der Waals surface area contributed by atoms with E-state index in [0.717, 1.165) is 18.5 Å². The summed E-state index contributed by atoms with van der Waals surface area (Å²) in [6.07, 6.45) is 2.17. The summed E-state index contributed by atoms with van der Waals surface area (Å²) in [6, 6.07) is 12.9. The van der Waals surface area contributed by atoms with Crippen molar-refractivity contribution in [2.75, 3.05) is 0 Å². The van der Waals surface area contributed by atoms with Gasteiger partial charge < -0.3 is 0 Å². The zero-order valence-electron chi connectivity index (χ0n) is 10.8. The van der Waals surface area contributed by atoms with Crippen LogP contribution in [0.4, 0.5) is 0 Å². The SMILES string of the molecule is Cc1ccc(CCc2ccccc2C)c(C)n1. The molecular weight excluding hydrogens is 206 g/mol. The van der Waals surface area contributed by atoms with E-state index >= 15 is 0 Å². The molecule has 0 aliphatic heterocycles. The maximum absolute atomic E-state index is 4.51. The van der Waals surface area contributed by atoms with Crippen LogP contribution >= 0.6 is 0 Å². The van der Waals surface area contributed by atoms with Crippen LogP contribution in [-0.4, -0.2) is 4.98 Å². The van der Waals surface area contributed by atoms with Crippen LogP contribution in [-0.2, 0) is 12.8 Å². The average molecular weight is 225 g/mol. The van der Waals surface area contributed by atoms with Gasteiger partial charge in [-0.15, -0.1) is 0 Å². The predicted molar refractivity (Wildman–Crippen MR) is 72.3 cm³/mol. The molecule has 2 rings (SSSR count). The van der Waals surface area contributed by atoms with Gasteiger partial charge in [-0.1, -0.05) is 30.3 Å². The lowest BCUT2D eigenvalue weighted by atomic mass is 10.00. The Morgan fingerprint density at radius 1 is 0.824 bits per heavy atom. The second-order valence-corrected chi connectivity index (χ2v) is 4.62. The predicted octanol–water partition coefficient (Wildman–Crippen LogP) is 3.79. The van der Waals surface area contributed by atoms with E-state index in [0.29, 0.717) is 0 Å². The van der Waals surface area contributed by atoms with Gasteiger partial charge in [-0.2, -0.15) is 0 Å². The minimum Gasteiger partial charge on any atom is -0.258 e. The first-order valence-corrected chi connectivity index (χ1v) is 6.14. The summed E-state index contributed by atoms with van der Waals surface area (Å²) in [5.41, 5.74) is 6.44. The molecule has 17 heavy (non-hydrogen) atoms. The highest BCUT2D eigenvalue weighted by molar-refractivity contribution is 5.28. The van der Waals surface area contributed by atoms with Crippen molar-refractivity contribution in [3.63, 3.8) is 0 Å². The summed E-state index contributed by atoms with van der Waals surface area (Å²) in [5, 5.41) is 0. The minimum atomic E-state index is 1.07. The zero-order valence-corrected chi connectivity index (χ0v) is 10.8. The van der Waals surface area contributed by atoms with E-state index in [1.165, 1.54) is 22.4 Å². The fourth-order valence-corrected chi connectivity index (χ4v) is 2.14. The first kappa shape index (κ1) is 11.8. The summed E-state index contributed by atoms with van der Waals surface area (Å²) in [7, 11) is 0. The van der Waals surface area contributed by atoms with Crippen LogP contribution < -0.4 is 0 Å². The van der Waals surface area contributed by atoms with Gasteiger partial charge in [0.25, 0.3) is 0 Å². The van der Waals surface area contributed by atoms with Crippen LogP contribution in [0.3, 0.4) is 0 Å². The second kappa shape index (κ2) is 5.13. The van der Waals surface area contributed by atoms with Gasteiger partial charge in [0.15, 0.2) is 0 Å². The third-order valence-electron chi connectivity index (χ3n) is 3.26. The van der Waals surface area contributed by atoms with Gasteiger partial charge in [-0.3, -0.25) is 4.98 Å². The number of pyridine rings is 1. The zero-order chi connectivity index (χ0) is 12.3. The Balaban J connectivity index is 2.10. The number of hydrogen-bond donors (Lipinski definition) is 0. The van der Waals surface area contributed by atoms with E-state index < -0.39 is 0 Å². The van der Waals surface area contributed by atoms with Crippen LogP contribution in [0.1, 0.15) is 28.1 Å². The Kier molecular flexibility index (Phi) is 3.58. The molecule has 1 aromatic heterocycles. The minimum absolute atomic E-state index is 1.07. The van der Waals surface area contributed by atoms with E-state index in [9.17, 15) is 0 Å². The van der Waals surface area contributed by atoms with Crippen LogP contribution in [0.2, 0.25) is 0 Å². The van der Waals surface area contributed by atoms with Gasteiger partial charge in [-0.25, -0.2) is 0 Å². The molecule has 0 bridgehead atoms. The largest absolute Gasteiger partial charge is 0.258 e. The van der Waals surface area contributed by atoms with Crippen LogP contribution in [0.25, 0.3) is 0 Å². The van der Waals surface area contributed by atoms with Crippen molar-refractivity contribution in [3.8, 4) is 0 Å². The Hall–Kier alpha value is -1.63. The molecule has 0 unspecified atom stereocenters. The molecule has 2 aromatic rings. The topological polar surface area (TPSA) is 12.9 Å². The Morgan fingerprint density at radius 2 is 1.53 bits per heavy atom. The fourth-order valence-electron chi connectivity index (χ4n) is 2.14. The fraction of sp³-hybridized carbons (Fsp3) is 0.312. The van der Waals surface area contributed by atoms with Gasteiger partial charge in [0.1, 0.15) is 0 Å². The Bertz CT molecular complexity index is 515. The summed E-state index contributed by atoms with van der Waals surface area (Å²) < 4.78 is 0. The van der Waals surface area contributed by atoms with E-state index in [2.05, 4.69) is 55.2 Å². The number of nitrogens with zero attached hydrogens (tertiary/aromatic N) is 1. The third kappa shape index (κ3) is 2.94. The van der Waals surface area contributed by atoms with Crippen molar-refractivity contribution in [2.24, 2.45) is 0 Å². The van der Waals surface area contributed by atoms with Gasteiger partial charge in [0.2, 0.25) is 0 Å². The average Bonchev–Trinajstić information content (AvgIpc) is 2.30. The van der Waals surface area contributed by atoms with E-state index in [1.54, 1.807) is 0 Å². The van der Waals surface area contributed by atoms with Crippen LogP contribution in [0.15, 0.2) is 36.4 Å². The molecule has 0 aliphatic rings. The first-order valence-electron chi connectivity index (χ1n) is 6.14. The first-order chi connectivity index (χ1) is 8.16. The smallest absolute Gasteiger partial charge is 0.0407 e. The van der Waals surface area contributed by atoms with Crippen LogP contribution in [0, 0.1) is 20.8 Å². The maximum Gasteiger partial charge on any atom is 0.0407 e. The van der Waals surface area contributed by atoms with Gasteiger partial charge in [-0.05, 0) is 56.4 Å². The van der Waals surface area contributed by atoms with Gasteiger partial charge in [0.05, 0.1) is 0 Å². The normalized spacial score (nSPS) is 10.5. The molecule has 0 N–H and O–H groups in total. The highest BCUT2D eigenvalue weighted by Gasteiger charge is 2.02. The lowest BCUT2D eigenvalue weighted by Crippen LogP contribution is -1.98. The summed E-state index contributed by atoms with van der Waals surface area (Å²) >= 11 is 0. The van der Waals surface area contributed by atoms with E-state index in [-0.39, 0.29) is 0 Å². The number of aryl methyl sites for hydroxylation is 5. The lowest BCUT2D eigenvalue weighted by Gasteiger charge is -2.08. The molecule has 0 fully saturated rings. The standard InChI is InChI=1S/C16H19N/c1-12-6-4-5-7-15(12)10-11-16-9-8-13(2)17-14(16)3/h4-9H,10-11H2,1-3H3. The molecule has 0 radical (unpaired) electrons. The number of aromatic nitrogens is 1. The van der Waals surface area contributed by atoms with Crippen molar-refractivity contribution in [1.82, 2.24) is 4.98 Å². The monoisotopic (exact) mass is 225 g/mol. The summed E-state index contributed by atoms with van der Waals surface area (Å²) in [4.78, 5) is 4.51. The van der Waals surface area contributed by atoms with Crippen molar-refractivity contribution in [3.05, 3.63) is 64.5 Å². The van der Waals surface area contributed by atoms with Gasteiger partial charge in [0, 0.05) is 11.4 Å². The molecule has 1 nitrogen and oxygen atoms in total. The highest BCUT2D eigenvalue weighted by Crippen LogP contribution is 2.13. The molecule has 1 heteroatoms. The molecule has 88 valence electrons. The Labute approximate surface area is 104 Å². The molecule has 0 atom stereocenters. The molecule has 1 aromatic carbocycles. The van der Waals surface area contributed by atoms with Gasteiger partial charge >= 0.3 is 0 Å². The molecule has 0 amide bonds. The summed E-state index contributed by atoms with van der Waals surface area (Å²) in [6.45, 7) is 6.31. The van der Waals surface area contributed by atoms with Crippen LogP contribution in [0.5, 0.6) is 0 Å². The van der Waals surface area contributed by atoms with E-state index in [4.69, 9.17) is 0 Å².